The summed E-state index contributed by atoms with van der Waals surface area (Å²) in [6.45, 7) is 0. The number of hydrogen-bond acceptors (Lipinski definition) is 5. The van der Waals surface area contributed by atoms with Crippen LogP contribution in [0.3, 0.4) is 0 Å². The average molecular weight is 281 g/mol. The van der Waals surface area contributed by atoms with E-state index in [-0.39, 0.29) is 12.2 Å². The van der Waals surface area contributed by atoms with E-state index in [0.717, 1.165) is 7.11 Å². The molecule has 1 atom stereocenters. The number of aromatic hydroxyl groups is 1. The first-order valence-electron chi connectivity index (χ1n) is 5.80. The Labute approximate surface area is 115 Å². The van der Waals surface area contributed by atoms with Gasteiger partial charge in [0.1, 0.15) is 11.8 Å². The molecule has 0 saturated carbocycles. The number of hydrogen-bond donors (Lipinski definition) is 3. The highest BCUT2D eigenvalue weighted by Crippen LogP contribution is 2.15. The van der Waals surface area contributed by atoms with E-state index in [1.165, 1.54) is 6.07 Å². The topological polar surface area (TPSA) is 113 Å². The van der Waals surface area contributed by atoms with Crippen LogP contribution in [-0.4, -0.2) is 41.2 Å². The maximum Gasteiger partial charge on any atom is 0.326 e. The normalized spacial score (nSPS) is 11.4. The number of benzene rings is 1. The second-order valence-corrected chi connectivity index (χ2v) is 4.04. The number of aliphatic carboxylic acids is 1. The number of ether oxygens (including phenoxy) is 1. The van der Waals surface area contributed by atoms with E-state index in [1.54, 1.807) is 18.2 Å². The number of phenols is 1. The third kappa shape index (κ3) is 4.60. The predicted octanol–water partition coefficient (Wildman–Crippen LogP) is 0.0672. The first-order valence-corrected chi connectivity index (χ1v) is 5.80. The summed E-state index contributed by atoms with van der Waals surface area (Å²) in [5.41, 5.74) is 0.368. The number of rotatable bonds is 6. The van der Waals surface area contributed by atoms with Gasteiger partial charge < -0.3 is 20.3 Å². The molecule has 0 spiro atoms. The molecule has 0 aromatic heterocycles. The van der Waals surface area contributed by atoms with Gasteiger partial charge in [-0.1, -0.05) is 18.2 Å². The molecule has 0 radical (unpaired) electrons. The van der Waals surface area contributed by atoms with Crippen molar-refractivity contribution in [1.82, 2.24) is 5.32 Å². The number of para-hydroxylation sites is 1. The van der Waals surface area contributed by atoms with Gasteiger partial charge in [0.25, 0.3) is 0 Å². The molecule has 0 saturated heterocycles. The Kier molecular flexibility index (Phi) is 5.52. The summed E-state index contributed by atoms with van der Waals surface area (Å²) in [6.07, 6.45) is -0.643. The van der Waals surface area contributed by atoms with Crippen molar-refractivity contribution in [1.29, 1.82) is 0 Å². The standard InChI is InChI=1S/C13H15NO6/c1-20-12(17)7-9(13(18)19)14-11(16)6-8-4-2-3-5-10(8)15/h2-5,9,15H,6-7H2,1H3,(H,14,16)(H,18,19)/t9-/m0/s1. The molecular formula is C13H15NO6. The molecule has 0 aliphatic heterocycles. The van der Waals surface area contributed by atoms with Crippen LogP contribution in [0.2, 0.25) is 0 Å². The third-order valence-electron chi connectivity index (χ3n) is 2.57. The number of methoxy groups -OCH3 is 1. The zero-order chi connectivity index (χ0) is 15.1. The number of carboxylic acids is 1. The lowest BCUT2D eigenvalue weighted by Gasteiger charge is -2.13. The van der Waals surface area contributed by atoms with Gasteiger partial charge in [0.15, 0.2) is 0 Å². The van der Waals surface area contributed by atoms with Crippen LogP contribution < -0.4 is 5.32 Å². The predicted molar refractivity (Wildman–Crippen MR) is 68.0 cm³/mol. The smallest absolute Gasteiger partial charge is 0.326 e. The fourth-order valence-corrected chi connectivity index (χ4v) is 1.53. The molecule has 0 bridgehead atoms. The fourth-order valence-electron chi connectivity index (χ4n) is 1.53. The van der Waals surface area contributed by atoms with Gasteiger partial charge in [-0.25, -0.2) is 4.79 Å². The van der Waals surface area contributed by atoms with Crippen molar-refractivity contribution < 1.29 is 29.3 Å². The number of amides is 1. The van der Waals surface area contributed by atoms with Gasteiger partial charge in [-0.2, -0.15) is 0 Å². The number of nitrogens with one attached hydrogen (secondary N) is 1. The van der Waals surface area contributed by atoms with Crippen LogP contribution in [-0.2, 0) is 25.5 Å². The Hall–Kier alpha value is -2.57. The summed E-state index contributed by atoms with van der Waals surface area (Å²) in [4.78, 5) is 33.7. The maximum atomic E-state index is 11.7. The fraction of sp³-hybridized carbons (Fsp3) is 0.308. The van der Waals surface area contributed by atoms with Crippen LogP contribution in [0.25, 0.3) is 0 Å². The first kappa shape index (κ1) is 15.5. The van der Waals surface area contributed by atoms with E-state index in [9.17, 15) is 19.5 Å². The number of esters is 1. The molecule has 1 aromatic carbocycles. The van der Waals surface area contributed by atoms with E-state index in [0.29, 0.717) is 5.56 Å². The minimum atomic E-state index is -1.36. The van der Waals surface area contributed by atoms with E-state index < -0.39 is 30.3 Å². The van der Waals surface area contributed by atoms with Crippen molar-refractivity contribution in [3.63, 3.8) is 0 Å². The van der Waals surface area contributed by atoms with Crippen LogP contribution in [0.1, 0.15) is 12.0 Å². The molecule has 0 aliphatic rings. The monoisotopic (exact) mass is 281 g/mol. The van der Waals surface area contributed by atoms with Crippen molar-refractivity contribution in [3.05, 3.63) is 29.8 Å². The highest BCUT2D eigenvalue weighted by Gasteiger charge is 2.23. The van der Waals surface area contributed by atoms with E-state index in [2.05, 4.69) is 10.1 Å². The van der Waals surface area contributed by atoms with Crippen molar-refractivity contribution in [3.8, 4) is 5.75 Å². The van der Waals surface area contributed by atoms with Crippen LogP contribution in [0.4, 0.5) is 0 Å². The Morgan fingerprint density at radius 1 is 1.30 bits per heavy atom. The van der Waals surface area contributed by atoms with Crippen molar-refractivity contribution in [2.75, 3.05) is 7.11 Å². The van der Waals surface area contributed by atoms with Gasteiger partial charge in [0.05, 0.1) is 20.0 Å². The summed E-state index contributed by atoms with van der Waals surface area (Å²) in [5, 5.41) is 20.6. The SMILES string of the molecule is COC(=O)C[C@H](NC(=O)Cc1ccccc1O)C(=O)O. The van der Waals surface area contributed by atoms with Gasteiger partial charge in [-0.05, 0) is 6.07 Å². The third-order valence-corrected chi connectivity index (χ3v) is 2.57. The minimum absolute atomic E-state index is 0.0532. The van der Waals surface area contributed by atoms with Gasteiger partial charge in [-0.15, -0.1) is 0 Å². The second-order valence-electron chi connectivity index (χ2n) is 4.04. The van der Waals surface area contributed by atoms with Crippen LogP contribution >= 0.6 is 0 Å². The second kappa shape index (κ2) is 7.13. The summed E-state index contributed by atoms with van der Waals surface area (Å²) in [6, 6.07) is 4.86. The lowest BCUT2D eigenvalue weighted by molar-refractivity contribution is -0.148. The zero-order valence-electron chi connectivity index (χ0n) is 10.8. The molecule has 20 heavy (non-hydrogen) atoms. The number of carbonyl (C=O) groups excluding carboxylic acids is 2. The molecule has 1 rings (SSSR count). The van der Waals surface area contributed by atoms with E-state index in [1.807, 2.05) is 0 Å². The van der Waals surface area contributed by atoms with E-state index >= 15 is 0 Å². The average Bonchev–Trinajstić information content (AvgIpc) is 2.40. The molecule has 108 valence electrons. The number of phenolic OH excluding ortho intramolecular Hbond substituents is 1. The molecule has 1 amide bonds. The van der Waals surface area contributed by atoms with Crippen LogP contribution in [0.5, 0.6) is 5.75 Å². The van der Waals surface area contributed by atoms with Crippen LogP contribution in [0, 0.1) is 0 Å². The quantitative estimate of drug-likeness (QED) is 0.636. The van der Waals surface area contributed by atoms with Gasteiger partial charge in [-0.3, -0.25) is 9.59 Å². The van der Waals surface area contributed by atoms with Crippen LogP contribution in [0.15, 0.2) is 24.3 Å². The van der Waals surface area contributed by atoms with Gasteiger partial charge >= 0.3 is 11.9 Å². The molecule has 7 heteroatoms. The summed E-state index contributed by atoms with van der Waals surface area (Å²) >= 11 is 0. The minimum Gasteiger partial charge on any atom is -0.508 e. The summed E-state index contributed by atoms with van der Waals surface area (Å²) in [7, 11) is 1.13. The summed E-state index contributed by atoms with van der Waals surface area (Å²) in [5.74, 6) is -2.73. The molecule has 0 heterocycles. The number of carbonyl (C=O) groups is 3. The van der Waals surface area contributed by atoms with Crippen molar-refractivity contribution in [2.45, 2.75) is 18.9 Å². The molecule has 0 aliphatic carbocycles. The molecule has 1 aromatic rings. The molecule has 0 unspecified atom stereocenters. The lowest BCUT2D eigenvalue weighted by Crippen LogP contribution is -2.43. The largest absolute Gasteiger partial charge is 0.508 e. The van der Waals surface area contributed by atoms with Gasteiger partial charge in [0.2, 0.25) is 5.91 Å². The Bertz CT molecular complexity index is 513. The van der Waals surface area contributed by atoms with Crippen molar-refractivity contribution in [2.24, 2.45) is 0 Å². The van der Waals surface area contributed by atoms with Gasteiger partial charge in [0, 0.05) is 5.56 Å². The molecular weight excluding hydrogens is 266 g/mol. The first-order chi connectivity index (χ1) is 9.43. The van der Waals surface area contributed by atoms with Crippen molar-refractivity contribution >= 4 is 17.8 Å². The molecule has 0 fully saturated rings. The lowest BCUT2D eigenvalue weighted by atomic mass is 10.1. The maximum absolute atomic E-state index is 11.7. The highest BCUT2D eigenvalue weighted by atomic mass is 16.5. The zero-order valence-corrected chi connectivity index (χ0v) is 10.8. The molecule has 3 N–H and O–H groups in total. The Morgan fingerprint density at radius 3 is 2.50 bits per heavy atom. The summed E-state index contributed by atoms with van der Waals surface area (Å²) < 4.78 is 4.36. The highest BCUT2D eigenvalue weighted by molar-refractivity contribution is 5.88. The Balaban J connectivity index is 2.65. The molecule has 7 nitrogen and oxygen atoms in total. The van der Waals surface area contributed by atoms with E-state index in [4.69, 9.17) is 5.11 Å². The number of carboxylic acid groups (broad SMARTS) is 1. The Morgan fingerprint density at radius 2 is 1.95 bits per heavy atom.